The summed E-state index contributed by atoms with van der Waals surface area (Å²) in [6, 6.07) is 0. The summed E-state index contributed by atoms with van der Waals surface area (Å²) in [4.78, 5) is 10.2. The maximum Gasteiger partial charge on any atom is 0.129 e. The minimum absolute atomic E-state index is 0.0440. The van der Waals surface area contributed by atoms with E-state index in [9.17, 15) is 4.79 Å². The van der Waals surface area contributed by atoms with Crippen molar-refractivity contribution in [3.8, 4) is 0 Å². The van der Waals surface area contributed by atoms with Gasteiger partial charge in [0.25, 0.3) is 0 Å². The van der Waals surface area contributed by atoms with Gasteiger partial charge < -0.3 is 4.79 Å². The average molecular weight is 87.1 g/mol. The van der Waals surface area contributed by atoms with Crippen LogP contribution in [-0.2, 0) is 4.79 Å². The van der Waals surface area contributed by atoms with Crippen LogP contribution in [-0.4, -0.2) is 5.78 Å². The second-order valence-electron chi connectivity index (χ2n) is 1.29. The zero-order chi connectivity index (χ0) is 5.70. The van der Waals surface area contributed by atoms with Crippen molar-refractivity contribution in [1.29, 1.82) is 0 Å². The van der Waals surface area contributed by atoms with Crippen LogP contribution in [0.5, 0.6) is 0 Å². The molecule has 1 nitrogen and oxygen atoms in total. The Hall–Kier alpha value is -0.330. The molecule has 0 aliphatic heterocycles. The molecule has 0 radical (unpaired) electrons. The Morgan fingerprint density at radius 3 is 2.83 bits per heavy atom. The minimum Gasteiger partial charge on any atom is -0.300 e. The number of carbonyl (C=O) groups excluding carboxylic acids is 1. The highest BCUT2D eigenvalue weighted by Gasteiger charge is 1.83. The molecule has 0 aromatic rings. The number of Topliss-reactive ketones (excluding diaryl/α,β-unsaturated/α-hetero) is 1. The summed E-state index contributed by atoms with van der Waals surface area (Å²) in [5.74, 6) is 0.0440. The van der Waals surface area contributed by atoms with Crippen molar-refractivity contribution in [2.45, 2.75) is 26.7 Å². The van der Waals surface area contributed by atoms with E-state index in [2.05, 4.69) is 0 Å². The molecule has 0 rings (SSSR count). The van der Waals surface area contributed by atoms with Gasteiger partial charge in [-0.3, -0.25) is 0 Å². The summed E-state index contributed by atoms with van der Waals surface area (Å²) >= 11 is 0. The van der Waals surface area contributed by atoms with E-state index in [4.69, 9.17) is 1.37 Å². The first kappa shape index (κ1) is 3.85. The van der Waals surface area contributed by atoms with Gasteiger partial charge in [-0.1, -0.05) is 6.92 Å². The zero-order valence-corrected chi connectivity index (χ0v) is 4.03. The lowest BCUT2D eigenvalue weighted by molar-refractivity contribution is -0.117. The highest BCUT2D eigenvalue weighted by Crippen LogP contribution is 1.84. The highest BCUT2D eigenvalue weighted by molar-refractivity contribution is 5.75. The topological polar surface area (TPSA) is 17.1 Å². The van der Waals surface area contributed by atoms with Gasteiger partial charge in [0.1, 0.15) is 5.78 Å². The standard InChI is InChI=1S/C5H10O/c1-3-4-5(2)6/h3-4H2,1-2H3/i2D. The molecule has 0 saturated heterocycles. The van der Waals surface area contributed by atoms with Gasteiger partial charge in [-0.15, -0.1) is 0 Å². The van der Waals surface area contributed by atoms with Crippen LogP contribution in [0.3, 0.4) is 0 Å². The van der Waals surface area contributed by atoms with Gasteiger partial charge in [0.15, 0.2) is 0 Å². The van der Waals surface area contributed by atoms with Crippen molar-refractivity contribution >= 4 is 5.78 Å². The molecule has 0 aromatic carbocycles. The summed E-state index contributed by atoms with van der Waals surface area (Å²) < 4.78 is 6.56. The van der Waals surface area contributed by atoms with Crippen molar-refractivity contribution in [1.82, 2.24) is 0 Å². The van der Waals surface area contributed by atoms with Crippen LogP contribution in [0.2, 0.25) is 0 Å². The Bertz CT molecular complexity index is 61.1. The molecule has 1 heteroatoms. The maximum absolute atomic E-state index is 10.2. The molecular weight excluding hydrogens is 76.1 g/mol. The molecule has 0 N–H and O–H groups in total. The second-order valence-corrected chi connectivity index (χ2v) is 1.29. The summed E-state index contributed by atoms with van der Waals surface area (Å²) in [5.41, 5.74) is 0. The molecule has 0 bridgehead atoms. The van der Waals surface area contributed by atoms with Crippen molar-refractivity contribution < 1.29 is 6.17 Å². The fourth-order valence-corrected chi connectivity index (χ4v) is 0.279. The number of carbonyl (C=O) groups is 1. The third kappa shape index (κ3) is 3.67. The average Bonchev–Trinajstić information content (AvgIpc) is 1.68. The van der Waals surface area contributed by atoms with Crippen LogP contribution in [0, 0.1) is 0 Å². The van der Waals surface area contributed by atoms with E-state index in [1.54, 1.807) is 0 Å². The van der Waals surface area contributed by atoms with Gasteiger partial charge in [0, 0.05) is 7.79 Å². The summed E-state index contributed by atoms with van der Waals surface area (Å²) in [6.45, 7) is 1.89. The normalized spacial score (nSPS) is 10.5. The van der Waals surface area contributed by atoms with Crippen LogP contribution < -0.4 is 0 Å². The highest BCUT2D eigenvalue weighted by atomic mass is 16.1. The molecule has 0 unspecified atom stereocenters. The molecule has 0 fully saturated rings. The van der Waals surface area contributed by atoms with Gasteiger partial charge in [0.2, 0.25) is 0 Å². The first-order valence-corrected chi connectivity index (χ1v) is 2.12. The van der Waals surface area contributed by atoms with Crippen LogP contribution in [0.4, 0.5) is 0 Å². The number of rotatable bonds is 2. The van der Waals surface area contributed by atoms with Crippen molar-refractivity contribution in [2.75, 3.05) is 0 Å². The maximum atomic E-state index is 10.2. The Morgan fingerprint density at radius 1 is 2.00 bits per heavy atom. The van der Waals surface area contributed by atoms with Gasteiger partial charge in [-0.05, 0) is 13.3 Å². The van der Waals surface area contributed by atoms with Crippen molar-refractivity contribution in [3.63, 3.8) is 0 Å². The number of ketones is 1. The first-order chi connectivity index (χ1) is 3.31. The smallest absolute Gasteiger partial charge is 0.129 e. The third-order valence-electron chi connectivity index (χ3n) is 0.529. The number of hydrogen-bond donors (Lipinski definition) is 0. The monoisotopic (exact) mass is 87.1 g/mol. The lowest BCUT2D eigenvalue weighted by Gasteiger charge is -1.80. The van der Waals surface area contributed by atoms with Crippen LogP contribution >= 0.6 is 0 Å². The van der Waals surface area contributed by atoms with Gasteiger partial charge >= 0.3 is 0 Å². The molecule has 36 valence electrons. The van der Waals surface area contributed by atoms with Gasteiger partial charge in [0.05, 0.1) is 0 Å². The van der Waals surface area contributed by atoms with Crippen molar-refractivity contribution in [2.24, 2.45) is 0 Å². The Kier molecular flexibility index (Phi) is 1.85. The molecule has 0 heterocycles. The van der Waals surface area contributed by atoms with Crippen molar-refractivity contribution in [3.05, 3.63) is 0 Å². The first-order valence-electron chi connectivity index (χ1n) is 2.83. The SMILES string of the molecule is [2H]CC(=O)CCC. The predicted octanol–water partition coefficient (Wildman–Crippen LogP) is 1.38. The van der Waals surface area contributed by atoms with E-state index < -0.39 is 0 Å². The number of hydrogen-bond acceptors (Lipinski definition) is 1. The molecule has 0 atom stereocenters. The Labute approximate surface area is 39.8 Å². The largest absolute Gasteiger partial charge is 0.300 e. The van der Waals surface area contributed by atoms with Gasteiger partial charge in [-0.2, -0.15) is 0 Å². The molecule has 0 amide bonds. The van der Waals surface area contributed by atoms with Gasteiger partial charge in [-0.25, -0.2) is 0 Å². The lowest BCUT2D eigenvalue weighted by atomic mass is 10.3. The third-order valence-corrected chi connectivity index (χ3v) is 0.529. The quantitative estimate of drug-likeness (QED) is 0.497. The van der Waals surface area contributed by atoms with E-state index in [0.717, 1.165) is 6.42 Å². The molecule has 0 aromatic heterocycles. The molecule has 0 aliphatic carbocycles. The van der Waals surface area contributed by atoms with E-state index >= 15 is 0 Å². The summed E-state index contributed by atoms with van der Waals surface area (Å²) in [6.07, 6.45) is 1.45. The molecule has 0 aliphatic rings. The molecular formula is C5H10O. The molecule has 6 heavy (non-hydrogen) atoms. The van der Waals surface area contributed by atoms with E-state index in [-0.39, 0.29) is 12.7 Å². The summed E-state index contributed by atoms with van der Waals surface area (Å²) in [7, 11) is 0. The van der Waals surface area contributed by atoms with Crippen LogP contribution in [0.25, 0.3) is 0 Å². The minimum atomic E-state index is -0.0478. The predicted molar refractivity (Wildman–Crippen MR) is 25.6 cm³/mol. The van der Waals surface area contributed by atoms with E-state index in [1.807, 2.05) is 6.92 Å². The molecule has 0 saturated carbocycles. The fraction of sp³-hybridized carbons (Fsp3) is 0.800. The molecule has 0 spiro atoms. The summed E-state index contributed by atoms with van der Waals surface area (Å²) in [5, 5.41) is 0. The fourth-order valence-electron chi connectivity index (χ4n) is 0.279. The van der Waals surface area contributed by atoms with E-state index in [0.29, 0.717) is 6.42 Å². The zero-order valence-electron chi connectivity index (χ0n) is 5.03. The Balaban J connectivity index is 3.00. The Morgan fingerprint density at radius 2 is 2.67 bits per heavy atom. The van der Waals surface area contributed by atoms with E-state index in [1.165, 1.54) is 0 Å². The lowest BCUT2D eigenvalue weighted by Crippen LogP contribution is -1.84. The second kappa shape index (κ2) is 2.88. The van der Waals surface area contributed by atoms with Crippen LogP contribution in [0.1, 0.15) is 28.0 Å². The van der Waals surface area contributed by atoms with Crippen LogP contribution in [0.15, 0.2) is 0 Å².